The molecule has 0 radical (unpaired) electrons. The largest absolute Gasteiger partial charge is 0.309 e. The van der Waals surface area contributed by atoms with Gasteiger partial charge in [-0.15, -0.1) is 6.42 Å². The molecule has 2 aromatic carbocycles. The monoisotopic (exact) mass is 277 g/mol. The second-order valence-corrected chi connectivity index (χ2v) is 6.39. The third kappa shape index (κ3) is 4.48. The first-order valence-electron chi connectivity index (χ1n) is 7.35. The molecule has 0 fully saturated rings. The summed E-state index contributed by atoms with van der Waals surface area (Å²) in [5.74, 6) is 2.63. The van der Waals surface area contributed by atoms with E-state index < -0.39 is 0 Å². The average Bonchev–Trinajstić information content (AvgIpc) is 2.47. The van der Waals surface area contributed by atoms with Crippen LogP contribution in [0.1, 0.15) is 43.0 Å². The van der Waals surface area contributed by atoms with Crippen LogP contribution in [-0.4, -0.2) is 0 Å². The predicted octanol–water partition coefficient (Wildman–Crippen LogP) is 4.26. The molecule has 2 rings (SSSR count). The Bertz CT molecular complexity index is 607. The van der Waals surface area contributed by atoms with E-state index in [1.165, 1.54) is 16.7 Å². The van der Waals surface area contributed by atoms with Crippen LogP contribution in [0.2, 0.25) is 0 Å². The SMILES string of the molecule is C#Cc1ccc(CNCc2ccc(C(C)(C)C)cc2)cc1. The highest BCUT2D eigenvalue weighted by Gasteiger charge is 2.12. The Balaban J connectivity index is 1.87. The molecule has 0 aliphatic heterocycles. The van der Waals surface area contributed by atoms with Crippen LogP contribution >= 0.6 is 0 Å². The fourth-order valence-corrected chi connectivity index (χ4v) is 2.19. The lowest BCUT2D eigenvalue weighted by molar-refractivity contribution is 0.589. The summed E-state index contributed by atoms with van der Waals surface area (Å²) in [6, 6.07) is 17.0. The molecule has 108 valence electrons. The van der Waals surface area contributed by atoms with E-state index in [2.05, 4.69) is 68.4 Å². The fourth-order valence-electron chi connectivity index (χ4n) is 2.19. The highest BCUT2D eigenvalue weighted by atomic mass is 14.8. The molecule has 1 heteroatoms. The first-order valence-corrected chi connectivity index (χ1v) is 7.35. The standard InChI is InChI=1S/C20H23N/c1-5-16-6-8-17(9-7-16)14-21-15-18-10-12-19(13-11-18)20(2,3)4/h1,6-13,21H,14-15H2,2-4H3. The summed E-state index contributed by atoms with van der Waals surface area (Å²) in [5, 5.41) is 3.46. The maximum absolute atomic E-state index is 5.35. The van der Waals surface area contributed by atoms with Crippen molar-refractivity contribution in [3.8, 4) is 12.3 Å². The molecule has 0 saturated carbocycles. The number of hydrogen-bond donors (Lipinski definition) is 1. The molecule has 1 N–H and O–H groups in total. The van der Waals surface area contributed by atoms with Gasteiger partial charge in [0, 0.05) is 18.7 Å². The molecule has 0 bridgehead atoms. The molecular weight excluding hydrogens is 254 g/mol. The molecule has 0 saturated heterocycles. The fraction of sp³-hybridized carbons (Fsp3) is 0.300. The normalized spacial score (nSPS) is 11.1. The summed E-state index contributed by atoms with van der Waals surface area (Å²) in [5.41, 5.74) is 5.07. The zero-order chi connectivity index (χ0) is 15.3. The lowest BCUT2D eigenvalue weighted by Gasteiger charge is -2.19. The molecule has 21 heavy (non-hydrogen) atoms. The number of terminal acetylenes is 1. The second-order valence-electron chi connectivity index (χ2n) is 6.39. The third-order valence-electron chi connectivity index (χ3n) is 3.60. The summed E-state index contributed by atoms with van der Waals surface area (Å²) >= 11 is 0. The van der Waals surface area contributed by atoms with E-state index in [0.717, 1.165) is 18.7 Å². The zero-order valence-corrected chi connectivity index (χ0v) is 13.1. The molecule has 0 aliphatic rings. The minimum Gasteiger partial charge on any atom is -0.309 e. The van der Waals surface area contributed by atoms with E-state index >= 15 is 0 Å². The summed E-state index contributed by atoms with van der Waals surface area (Å²) in [6.45, 7) is 8.44. The van der Waals surface area contributed by atoms with Crippen LogP contribution in [0, 0.1) is 12.3 Å². The molecule has 0 amide bonds. The molecule has 0 unspecified atom stereocenters. The molecular formula is C20H23N. The number of benzene rings is 2. The van der Waals surface area contributed by atoms with Crippen molar-refractivity contribution in [2.45, 2.75) is 39.3 Å². The van der Waals surface area contributed by atoms with E-state index in [4.69, 9.17) is 6.42 Å². The van der Waals surface area contributed by atoms with Gasteiger partial charge in [0.05, 0.1) is 0 Å². The van der Waals surface area contributed by atoms with Gasteiger partial charge in [0.2, 0.25) is 0 Å². The third-order valence-corrected chi connectivity index (χ3v) is 3.60. The van der Waals surface area contributed by atoms with Crippen molar-refractivity contribution < 1.29 is 0 Å². The predicted molar refractivity (Wildman–Crippen MR) is 90.1 cm³/mol. The lowest BCUT2D eigenvalue weighted by atomic mass is 9.87. The van der Waals surface area contributed by atoms with Gasteiger partial charge in [-0.25, -0.2) is 0 Å². The van der Waals surface area contributed by atoms with Crippen LogP contribution in [0.3, 0.4) is 0 Å². The Morgan fingerprint density at radius 3 is 1.76 bits per heavy atom. The van der Waals surface area contributed by atoms with E-state index in [1.807, 2.05) is 12.1 Å². The van der Waals surface area contributed by atoms with Crippen molar-refractivity contribution in [3.05, 3.63) is 70.8 Å². The van der Waals surface area contributed by atoms with Gasteiger partial charge in [0.1, 0.15) is 0 Å². The van der Waals surface area contributed by atoms with Crippen molar-refractivity contribution in [3.63, 3.8) is 0 Å². The van der Waals surface area contributed by atoms with Gasteiger partial charge < -0.3 is 5.32 Å². The van der Waals surface area contributed by atoms with Gasteiger partial charge in [-0.1, -0.05) is 63.1 Å². The molecule has 0 heterocycles. The molecule has 0 atom stereocenters. The van der Waals surface area contributed by atoms with E-state index in [0.29, 0.717) is 0 Å². The second kappa shape index (κ2) is 6.61. The Hall–Kier alpha value is -2.04. The van der Waals surface area contributed by atoms with Crippen molar-refractivity contribution in [2.75, 3.05) is 0 Å². The highest BCUT2D eigenvalue weighted by molar-refractivity contribution is 5.34. The molecule has 1 nitrogen and oxygen atoms in total. The minimum absolute atomic E-state index is 0.213. The quantitative estimate of drug-likeness (QED) is 0.824. The maximum Gasteiger partial charge on any atom is 0.0242 e. The van der Waals surface area contributed by atoms with Gasteiger partial charge in [-0.2, -0.15) is 0 Å². The smallest absolute Gasteiger partial charge is 0.0242 e. The molecule has 0 spiro atoms. The first-order chi connectivity index (χ1) is 9.99. The van der Waals surface area contributed by atoms with Crippen molar-refractivity contribution in [2.24, 2.45) is 0 Å². The van der Waals surface area contributed by atoms with Gasteiger partial charge in [0.15, 0.2) is 0 Å². The van der Waals surface area contributed by atoms with Crippen molar-refractivity contribution in [1.82, 2.24) is 5.32 Å². The highest BCUT2D eigenvalue weighted by Crippen LogP contribution is 2.22. The number of rotatable bonds is 4. The van der Waals surface area contributed by atoms with Gasteiger partial charge in [-0.05, 0) is 34.2 Å². The molecule has 0 aromatic heterocycles. The Morgan fingerprint density at radius 2 is 1.33 bits per heavy atom. The number of nitrogens with one attached hydrogen (secondary N) is 1. The van der Waals surface area contributed by atoms with Crippen LogP contribution in [0.15, 0.2) is 48.5 Å². The van der Waals surface area contributed by atoms with Gasteiger partial charge >= 0.3 is 0 Å². The Kier molecular flexibility index (Phi) is 4.83. The molecule has 2 aromatic rings. The first kappa shape index (κ1) is 15.4. The Labute approximate surface area is 128 Å². The average molecular weight is 277 g/mol. The zero-order valence-electron chi connectivity index (χ0n) is 13.1. The van der Waals surface area contributed by atoms with E-state index in [9.17, 15) is 0 Å². The van der Waals surface area contributed by atoms with Crippen LogP contribution < -0.4 is 5.32 Å². The number of hydrogen-bond acceptors (Lipinski definition) is 1. The van der Waals surface area contributed by atoms with E-state index in [1.54, 1.807) is 0 Å². The van der Waals surface area contributed by atoms with E-state index in [-0.39, 0.29) is 5.41 Å². The topological polar surface area (TPSA) is 12.0 Å². The van der Waals surface area contributed by atoms with Crippen molar-refractivity contribution in [1.29, 1.82) is 0 Å². The van der Waals surface area contributed by atoms with Gasteiger partial charge in [-0.3, -0.25) is 0 Å². The lowest BCUT2D eigenvalue weighted by Crippen LogP contribution is -2.14. The van der Waals surface area contributed by atoms with Crippen LogP contribution in [0.5, 0.6) is 0 Å². The summed E-state index contributed by atoms with van der Waals surface area (Å²) in [6.07, 6.45) is 5.35. The maximum atomic E-state index is 5.35. The van der Waals surface area contributed by atoms with Crippen LogP contribution in [-0.2, 0) is 18.5 Å². The van der Waals surface area contributed by atoms with Crippen LogP contribution in [0.4, 0.5) is 0 Å². The minimum atomic E-state index is 0.213. The molecule has 0 aliphatic carbocycles. The van der Waals surface area contributed by atoms with Gasteiger partial charge in [0.25, 0.3) is 0 Å². The van der Waals surface area contributed by atoms with Crippen molar-refractivity contribution >= 4 is 0 Å². The summed E-state index contributed by atoms with van der Waals surface area (Å²) in [7, 11) is 0. The summed E-state index contributed by atoms with van der Waals surface area (Å²) in [4.78, 5) is 0. The summed E-state index contributed by atoms with van der Waals surface area (Å²) < 4.78 is 0. The Morgan fingerprint density at radius 1 is 0.857 bits per heavy atom. The van der Waals surface area contributed by atoms with Crippen LogP contribution in [0.25, 0.3) is 0 Å².